The summed E-state index contributed by atoms with van der Waals surface area (Å²) in [5.41, 5.74) is 3.90. The monoisotopic (exact) mass is 451 g/mol. The Morgan fingerprint density at radius 2 is 1.91 bits per heavy atom. The van der Waals surface area contributed by atoms with Crippen LogP contribution in [0.3, 0.4) is 0 Å². The van der Waals surface area contributed by atoms with Crippen molar-refractivity contribution >= 4 is 11.6 Å². The normalized spacial score (nSPS) is 16.7. The number of rotatable bonds is 5. The lowest BCUT2D eigenvalue weighted by Gasteiger charge is -2.31. The number of aromatic nitrogens is 3. The van der Waals surface area contributed by atoms with Crippen molar-refractivity contribution in [2.45, 2.75) is 33.0 Å². The molecule has 0 saturated carbocycles. The summed E-state index contributed by atoms with van der Waals surface area (Å²) in [6, 6.07) is 8.02. The Morgan fingerprint density at radius 3 is 2.61 bits per heavy atom. The Hall–Kier alpha value is -3.17. The van der Waals surface area contributed by atoms with Crippen LogP contribution in [0.1, 0.15) is 34.1 Å². The van der Waals surface area contributed by atoms with Crippen molar-refractivity contribution in [2.24, 2.45) is 0 Å². The summed E-state index contributed by atoms with van der Waals surface area (Å²) in [7, 11) is 1.66. The lowest BCUT2D eigenvalue weighted by molar-refractivity contribution is 0.0304. The highest BCUT2D eigenvalue weighted by Gasteiger charge is 2.29. The largest absolute Gasteiger partial charge is 0.497 e. The molecule has 2 aliphatic heterocycles. The van der Waals surface area contributed by atoms with E-state index >= 15 is 0 Å². The third kappa shape index (κ3) is 3.91. The second-order valence-corrected chi connectivity index (χ2v) is 8.48. The quantitative estimate of drug-likeness (QED) is 0.586. The van der Waals surface area contributed by atoms with Crippen molar-refractivity contribution in [1.82, 2.24) is 24.0 Å². The minimum absolute atomic E-state index is 0.0909. The number of aryl methyl sites for hydroxylation is 1. The first kappa shape index (κ1) is 21.7. The van der Waals surface area contributed by atoms with Gasteiger partial charge in [0.15, 0.2) is 5.65 Å². The van der Waals surface area contributed by atoms with Crippen LogP contribution in [0.25, 0.3) is 5.65 Å². The number of benzene rings is 1. The topological polar surface area (TPSA) is 81.3 Å². The predicted molar refractivity (Wildman–Crippen MR) is 123 cm³/mol. The van der Waals surface area contributed by atoms with Crippen LogP contribution in [0.15, 0.2) is 35.3 Å². The SMILES string of the molecule is CCn1c2c(c(=O)n3ncc(C(=O)N4CCOCC4)c13)CN(Cc1ccc(OC)cc1)CC2. The van der Waals surface area contributed by atoms with Crippen LogP contribution < -0.4 is 10.3 Å². The fourth-order valence-corrected chi connectivity index (χ4v) is 4.86. The van der Waals surface area contributed by atoms with Crippen LogP contribution in [0.2, 0.25) is 0 Å². The molecule has 2 aromatic heterocycles. The van der Waals surface area contributed by atoms with Crippen LogP contribution >= 0.6 is 0 Å². The van der Waals surface area contributed by atoms with Crippen molar-refractivity contribution in [3.8, 4) is 5.75 Å². The molecule has 1 amide bonds. The van der Waals surface area contributed by atoms with Gasteiger partial charge >= 0.3 is 0 Å². The van der Waals surface area contributed by atoms with Crippen LogP contribution in [0.5, 0.6) is 5.75 Å². The molecule has 2 aliphatic rings. The molecule has 1 aromatic carbocycles. The first-order valence-electron chi connectivity index (χ1n) is 11.4. The lowest BCUT2D eigenvalue weighted by atomic mass is 10.0. The van der Waals surface area contributed by atoms with Gasteiger partial charge in [0.2, 0.25) is 0 Å². The van der Waals surface area contributed by atoms with Crippen molar-refractivity contribution < 1.29 is 14.3 Å². The summed E-state index contributed by atoms with van der Waals surface area (Å²) in [4.78, 5) is 30.7. The minimum Gasteiger partial charge on any atom is -0.497 e. The summed E-state index contributed by atoms with van der Waals surface area (Å²) < 4.78 is 14.1. The Balaban J connectivity index is 1.48. The zero-order valence-corrected chi connectivity index (χ0v) is 19.1. The van der Waals surface area contributed by atoms with Gasteiger partial charge in [0.05, 0.1) is 32.1 Å². The average molecular weight is 452 g/mol. The molecule has 1 saturated heterocycles. The molecule has 0 spiro atoms. The Kier molecular flexibility index (Phi) is 5.90. The van der Waals surface area contributed by atoms with E-state index in [2.05, 4.69) is 26.7 Å². The van der Waals surface area contributed by atoms with Gasteiger partial charge in [-0.05, 0) is 24.6 Å². The first-order chi connectivity index (χ1) is 16.1. The highest BCUT2D eigenvalue weighted by atomic mass is 16.5. The maximum atomic E-state index is 13.4. The van der Waals surface area contributed by atoms with Crippen molar-refractivity contribution in [1.29, 1.82) is 0 Å². The summed E-state index contributed by atoms with van der Waals surface area (Å²) in [6.07, 6.45) is 2.29. The van der Waals surface area contributed by atoms with Crippen LogP contribution in [0.4, 0.5) is 0 Å². The van der Waals surface area contributed by atoms with Crippen LogP contribution in [-0.4, -0.2) is 69.8 Å². The van der Waals surface area contributed by atoms with Crippen molar-refractivity contribution in [3.63, 3.8) is 0 Å². The molecule has 0 unspecified atom stereocenters. The van der Waals surface area contributed by atoms with E-state index in [1.165, 1.54) is 10.1 Å². The summed E-state index contributed by atoms with van der Waals surface area (Å²) in [5, 5.41) is 4.35. The van der Waals surface area contributed by atoms with Gasteiger partial charge in [0, 0.05) is 51.4 Å². The molecule has 4 heterocycles. The number of nitrogens with zero attached hydrogens (tertiary/aromatic N) is 5. The third-order valence-electron chi connectivity index (χ3n) is 6.58. The molecule has 0 N–H and O–H groups in total. The lowest BCUT2D eigenvalue weighted by Crippen LogP contribution is -2.41. The number of amides is 1. The number of hydrogen-bond acceptors (Lipinski definition) is 6. The molecule has 1 fully saturated rings. The van der Waals surface area contributed by atoms with E-state index in [9.17, 15) is 9.59 Å². The van der Waals surface area contributed by atoms with E-state index < -0.39 is 0 Å². The number of carbonyl (C=O) groups is 1. The molecule has 0 radical (unpaired) electrons. The van der Waals surface area contributed by atoms with E-state index in [0.29, 0.717) is 50.6 Å². The summed E-state index contributed by atoms with van der Waals surface area (Å²) in [6.45, 7) is 7.04. The molecule has 3 aromatic rings. The number of methoxy groups -OCH3 is 1. The van der Waals surface area contributed by atoms with Gasteiger partial charge in [-0.2, -0.15) is 9.61 Å². The fraction of sp³-hybridized carbons (Fsp3) is 0.458. The second-order valence-electron chi connectivity index (χ2n) is 8.48. The molecule has 9 nitrogen and oxygen atoms in total. The molecule has 0 aliphatic carbocycles. The van der Waals surface area contributed by atoms with E-state index in [1.54, 1.807) is 18.2 Å². The number of fused-ring (bicyclic) bond motifs is 2. The molecule has 174 valence electrons. The van der Waals surface area contributed by atoms with Gasteiger partial charge < -0.3 is 18.9 Å². The number of ether oxygens (including phenoxy) is 2. The van der Waals surface area contributed by atoms with Gasteiger partial charge in [-0.15, -0.1) is 0 Å². The van der Waals surface area contributed by atoms with Crippen molar-refractivity contribution in [2.75, 3.05) is 40.0 Å². The van der Waals surface area contributed by atoms with E-state index in [4.69, 9.17) is 9.47 Å². The van der Waals surface area contributed by atoms with Gasteiger partial charge in [-0.1, -0.05) is 12.1 Å². The number of morpholine rings is 1. The fourth-order valence-electron chi connectivity index (χ4n) is 4.86. The molecular formula is C24H29N5O4. The molecule has 5 rings (SSSR count). The van der Waals surface area contributed by atoms with Gasteiger partial charge in [-0.25, -0.2) is 0 Å². The predicted octanol–water partition coefficient (Wildman–Crippen LogP) is 1.56. The Morgan fingerprint density at radius 1 is 1.15 bits per heavy atom. The zero-order valence-electron chi connectivity index (χ0n) is 19.1. The van der Waals surface area contributed by atoms with Gasteiger partial charge in [-0.3, -0.25) is 14.5 Å². The Bertz CT molecular complexity index is 1220. The minimum atomic E-state index is -0.134. The molecule has 33 heavy (non-hydrogen) atoms. The Labute approximate surface area is 192 Å². The standard InChI is InChI=1S/C24H29N5O4/c1-3-28-21-8-9-26(15-17-4-6-18(32-2)7-5-17)16-20(21)24(31)29-22(28)19(14-25-29)23(30)27-10-12-33-13-11-27/h4-7,14H,3,8-13,15-16H2,1-2H3. The van der Waals surface area contributed by atoms with Crippen LogP contribution in [0, 0.1) is 0 Å². The van der Waals surface area contributed by atoms with Crippen LogP contribution in [-0.2, 0) is 30.8 Å². The maximum Gasteiger partial charge on any atom is 0.279 e. The summed E-state index contributed by atoms with van der Waals surface area (Å²) >= 11 is 0. The molecule has 0 atom stereocenters. The first-order valence-corrected chi connectivity index (χ1v) is 11.4. The second kappa shape index (κ2) is 8.99. The average Bonchev–Trinajstić information content (AvgIpc) is 3.30. The highest BCUT2D eigenvalue weighted by molar-refractivity contribution is 5.99. The van der Waals surface area contributed by atoms with Gasteiger partial charge in [0.1, 0.15) is 11.3 Å². The van der Waals surface area contributed by atoms with Gasteiger partial charge in [0.25, 0.3) is 11.5 Å². The number of carbonyl (C=O) groups excluding carboxylic acids is 1. The zero-order chi connectivity index (χ0) is 22.9. The smallest absolute Gasteiger partial charge is 0.279 e. The highest BCUT2D eigenvalue weighted by Crippen LogP contribution is 2.23. The van der Waals surface area contributed by atoms with E-state index in [1.807, 2.05) is 19.1 Å². The van der Waals surface area contributed by atoms with E-state index in [-0.39, 0.29) is 11.5 Å². The molecule has 9 heteroatoms. The summed E-state index contributed by atoms with van der Waals surface area (Å²) in [5.74, 6) is 0.740. The maximum absolute atomic E-state index is 13.4. The number of hydrogen-bond donors (Lipinski definition) is 0. The van der Waals surface area contributed by atoms with E-state index in [0.717, 1.165) is 36.5 Å². The third-order valence-corrected chi connectivity index (χ3v) is 6.58. The molecular weight excluding hydrogens is 422 g/mol. The van der Waals surface area contributed by atoms with Crippen molar-refractivity contribution in [3.05, 3.63) is 63.2 Å². The molecule has 0 bridgehead atoms.